The van der Waals surface area contributed by atoms with Crippen molar-refractivity contribution in [2.24, 2.45) is 16.5 Å². The van der Waals surface area contributed by atoms with Gasteiger partial charge in [-0.25, -0.2) is 9.67 Å². The monoisotopic (exact) mass is 272 g/mol. The van der Waals surface area contributed by atoms with Gasteiger partial charge in [0.05, 0.1) is 11.3 Å². The lowest BCUT2D eigenvalue weighted by atomic mass is 9.93. The molecule has 2 heterocycles. The van der Waals surface area contributed by atoms with Gasteiger partial charge >= 0.3 is 0 Å². The number of amidine groups is 1. The van der Waals surface area contributed by atoms with Gasteiger partial charge in [-0.1, -0.05) is 12.2 Å². The Labute approximate surface area is 118 Å². The van der Waals surface area contributed by atoms with Crippen LogP contribution < -0.4 is 16.8 Å². The number of anilines is 1. The van der Waals surface area contributed by atoms with Crippen LogP contribution in [0.1, 0.15) is 43.5 Å². The minimum atomic E-state index is 0.199. The van der Waals surface area contributed by atoms with Crippen LogP contribution in [0.5, 0.6) is 0 Å². The summed E-state index contributed by atoms with van der Waals surface area (Å²) in [4.78, 5) is 4.28. The summed E-state index contributed by atoms with van der Waals surface area (Å²) in [5, 5.41) is 8.04. The molecule has 0 bridgehead atoms. The van der Waals surface area contributed by atoms with Crippen molar-refractivity contribution in [1.82, 2.24) is 9.78 Å². The zero-order chi connectivity index (χ0) is 14.3. The fraction of sp³-hybridized carbons (Fsp3) is 0.429. The quantitative estimate of drug-likeness (QED) is 0.759. The van der Waals surface area contributed by atoms with Gasteiger partial charge in [0.25, 0.3) is 0 Å². The van der Waals surface area contributed by atoms with E-state index in [-0.39, 0.29) is 12.0 Å². The van der Waals surface area contributed by atoms with E-state index in [0.29, 0.717) is 12.5 Å². The van der Waals surface area contributed by atoms with Crippen molar-refractivity contribution in [3.63, 3.8) is 0 Å². The van der Waals surface area contributed by atoms with Crippen molar-refractivity contribution in [3.8, 4) is 0 Å². The van der Waals surface area contributed by atoms with Gasteiger partial charge in [0.1, 0.15) is 18.3 Å². The molecule has 106 valence electrons. The first-order valence-electron chi connectivity index (χ1n) is 6.88. The lowest BCUT2D eigenvalue weighted by molar-refractivity contribution is 0.528. The number of allylic oxidation sites excluding steroid dienone is 3. The molecular weight excluding hydrogens is 252 g/mol. The summed E-state index contributed by atoms with van der Waals surface area (Å²) in [5.41, 5.74) is 14.6. The van der Waals surface area contributed by atoms with Crippen LogP contribution in [0.25, 0.3) is 0 Å². The third-order valence-corrected chi connectivity index (χ3v) is 3.66. The first-order chi connectivity index (χ1) is 9.58. The van der Waals surface area contributed by atoms with Gasteiger partial charge in [-0.15, -0.1) is 0 Å². The SMILES string of the molecule is CC(C)n1nc(C2C=CC(N)=CC2)c2c1NCN=C2N. The van der Waals surface area contributed by atoms with Crippen LogP contribution in [0.4, 0.5) is 5.82 Å². The van der Waals surface area contributed by atoms with E-state index in [0.717, 1.165) is 29.2 Å². The topological polar surface area (TPSA) is 94.2 Å². The molecule has 1 aromatic heterocycles. The molecule has 1 atom stereocenters. The molecule has 1 unspecified atom stereocenters. The van der Waals surface area contributed by atoms with E-state index in [9.17, 15) is 0 Å². The molecule has 0 fully saturated rings. The fourth-order valence-electron chi connectivity index (χ4n) is 2.63. The molecule has 20 heavy (non-hydrogen) atoms. The highest BCUT2D eigenvalue weighted by atomic mass is 15.4. The minimum Gasteiger partial charge on any atom is -0.399 e. The Kier molecular flexibility index (Phi) is 3.00. The van der Waals surface area contributed by atoms with Crippen molar-refractivity contribution in [3.05, 3.63) is 35.2 Å². The Morgan fingerprint density at radius 1 is 1.40 bits per heavy atom. The number of nitrogens with two attached hydrogens (primary N) is 2. The normalized spacial score (nSPS) is 21.2. The number of nitrogens with one attached hydrogen (secondary N) is 1. The number of fused-ring (bicyclic) bond motifs is 1. The summed E-state index contributed by atoms with van der Waals surface area (Å²) >= 11 is 0. The molecule has 5 N–H and O–H groups in total. The van der Waals surface area contributed by atoms with Gasteiger partial charge in [-0.3, -0.25) is 0 Å². The maximum absolute atomic E-state index is 6.09. The maximum atomic E-state index is 6.09. The first kappa shape index (κ1) is 12.8. The highest BCUT2D eigenvalue weighted by Gasteiger charge is 2.28. The average Bonchev–Trinajstić information content (AvgIpc) is 2.81. The van der Waals surface area contributed by atoms with Crippen molar-refractivity contribution >= 4 is 11.7 Å². The highest BCUT2D eigenvalue weighted by molar-refractivity contribution is 6.04. The van der Waals surface area contributed by atoms with Gasteiger partial charge in [0.15, 0.2) is 0 Å². The summed E-state index contributed by atoms with van der Waals surface area (Å²) in [5.74, 6) is 1.74. The lowest BCUT2D eigenvalue weighted by Gasteiger charge is -2.17. The van der Waals surface area contributed by atoms with Gasteiger partial charge < -0.3 is 16.8 Å². The number of hydrogen-bond acceptors (Lipinski definition) is 5. The van der Waals surface area contributed by atoms with Crippen LogP contribution in [0.2, 0.25) is 0 Å². The first-order valence-corrected chi connectivity index (χ1v) is 6.88. The lowest BCUT2D eigenvalue weighted by Crippen LogP contribution is -2.24. The third kappa shape index (κ3) is 1.97. The van der Waals surface area contributed by atoms with E-state index in [2.05, 4.69) is 30.2 Å². The zero-order valence-electron chi connectivity index (χ0n) is 11.8. The standard InChI is InChI=1S/C14H20N6/c1-8(2)20-14-11(13(16)17-7-18-14)12(19-20)9-3-5-10(15)6-4-9/h3,5-6,8-9,18H,4,7,15H2,1-2H3,(H2,16,17). The zero-order valence-corrected chi connectivity index (χ0v) is 11.8. The summed E-state index contributed by atoms with van der Waals surface area (Å²) < 4.78 is 1.99. The van der Waals surface area contributed by atoms with Crippen molar-refractivity contribution < 1.29 is 0 Å². The second-order valence-corrected chi connectivity index (χ2v) is 5.43. The van der Waals surface area contributed by atoms with Crippen LogP contribution in [-0.2, 0) is 0 Å². The molecule has 0 amide bonds. The second kappa shape index (κ2) is 4.70. The summed E-state index contributed by atoms with van der Waals surface area (Å²) in [6.45, 7) is 4.72. The summed E-state index contributed by atoms with van der Waals surface area (Å²) in [6, 6.07) is 0.268. The summed E-state index contributed by atoms with van der Waals surface area (Å²) in [7, 11) is 0. The fourth-order valence-corrected chi connectivity index (χ4v) is 2.63. The largest absolute Gasteiger partial charge is 0.399 e. The number of aromatic nitrogens is 2. The van der Waals surface area contributed by atoms with Crippen LogP contribution in [0.15, 0.2) is 28.9 Å². The highest BCUT2D eigenvalue weighted by Crippen LogP contribution is 2.34. The van der Waals surface area contributed by atoms with E-state index in [1.165, 1.54) is 0 Å². The van der Waals surface area contributed by atoms with Crippen molar-refractivity contribution in [2.45, 2.75) is 32.2 Å². The minimum absolute atomic E-state index is 0.199. The maximum Gasteiger partial charge on any atom is 0.137 e. The Morgan fingerprint density at radius 2 is 2.20 bits per heavy atom. The van der Waals surface area contributed by atoms with Crippen LogP contribution in [-0.4, -0.2) is 22.3 Å². The van der Waals surface area contributed by atoms with Crippen molar-refractivity contribution in [1.29, 1.82) is 0 Å². The van der Waals surface area contributed by atoms with Gasteiger partial charge in [0, 0.05) is 17.7 Å². The van der Waals surface area contributed by atoms with E-state index < -0.39 is 0 Å². The number of nitrogens with zero attached hydrogens (tertiary/aromatic N) is 3. The Balaban J connectivity index is 2.08. The van der Waals surface area contributed by atoms with E-state index in [4.69, 9.17) is 16.6 Å². The van der Waals surface area contributed by atoms with Gasteiger partial charge in [-0.2, -0.15) is 5.10 Å². The smallest absolute Gasteiger partial charge is 0.137 e. The van der Waals surface area contributed by atoms with Crippen LogP contribution in [0.3, 0.4) is 0 Å². The average molecular weight is 272 g/mol. The number of rotatable bonds is 2. The number of aliphatic imine (C=N–C) groups is 1. The summed E-state index contributed by atoms with van der Waals surface area (Å²) in [6.07, 6.45) is 6.88. The van der Waals surface area contributed by atoms with E-state index in [1.807, 2.05) is 16.8 Å². The number of hydrogen-bond donors (Lipinski definition) is 3. The molecule has 0 spiro atoms. The molecule has 0 radical (unpaired) electrons. The molecule has 6 heteroatoms. The van der Waals surface area contributed by atoms with E-state index >= 15 is 0 Å². The molecule has 6 nitrogen and oxygen atoms in total. The van der Waals surface area contributed by atoms with Crippen LogP contribution >= 0.6 is 0 Å². The molecular formula is C14H20N6. The Morgan fingerprint density at radius 3 is 2.85 bits per heavy atom. The Hall–Kier alpha value is -2.24. The van der Waals surface area contributed by atoms with Crippen LogP contribution in [0, 0.1) is 0 Å². The predicted molar refractivity (Wildman–Crippen MR) is 80.6 cm³/mol. The molecule has 0 aromatic carbocycles. The molecule has 2 aliphatic rings. The van der Waals surface area contributed by atoms with Gasteiger partial charge in [-0.05, 0) is 26.3 Å². The molecule has 3 rings (SSSR count). The molecule has 1 aliphatic heterocycles. The van der Waals surface area contributed by atoms with Gasteiger partial charge in [0.2, 0.25) is 0 Å². The van der Waals surface area contributed by atoms with E-state index in [1.54, 1.807) is 0 Å². The molecule has 1 aliphatic carbocycles. The Bertz CT molecular complexity index is 620. The predicted octanol–water partition coefficient (Wildman–Crippen LogP) is 1.44. The molecule has 1 aromatic rings. The molecule has 0 saturated heterocycles. The second-order valence-electron chi connectivity index (χ2n) is 5.43. The molecule has 0 saturated carbocycles. The van der Waals surface area contributed by atoms with Crippen molar-refractivity contribution in [2.75, 3.05) is 12.0 Å². The third-order valence-electron chi connectivity index (χ3n) is 3.66.